The molecule has 0 bridgehead atoms. The summed E-state index contributed by atoms with van der Waals surface area (Å²) in [7, 11) is 0. The molecule has 4 heteroatoms. The fraction of sp³-hybridized carbons (Fsp3) is 0.955. The predicted molar refractivity (Wildman–Crippen MR) is 99.3 cm³/mol. The Hall–Kier alpha value is -0.450. The Balaban J connectivity index is 1.67. The maximum Gasteiger partial charge on any atom is 0.190 e. The van der Waals surface area contributed by atoms with Crippen molar-refractivity contribution in [2.45, 2.75) is 83.8 Å². The molecule has 4 nitrogen and oxygen atoms in total. The van der Waals surface area contributed by atoms with Gasteiger partial charge in [-0.3, -0.25) is 4.79 Å². The number of hydrogen-bond acceptors (Lipinski definition) is 4. The number of ketones is 1. The van der Waals surface area contributed by atoms with Gasteiger partial charge in [-0.25, -0.2) is 0 Å². The molecular weight excluding hydrogens is 328 g/mol. The van der Waals surface area contributed by atoms with Crippen molar-refractivity contribution in [1.29, 1.82) is 0 Å². The molecule has 4 fully saturated rings. The maximum atomic E-state index is 12.6. The van der Waals surface area contributed by atoms with Crippen molar-refractivity contribution in [3.05, 3.63) is 0 Å². The molecule has 148 valence electrons. The number of fused-ring (bicyclic) bond motifs is 5. The van der Waals surface area contributed by atoms with Gasteiger partial charge in [-0.1, -0.05) is 20.8 Å². The van der Waals surface area contributed by atoms with Crippen LogP contribution in [0.5, 0.6) is 0 Å². The molecule has 4 rings (SSSR count). The molecule has 0 radical (unpaired) electrons. The molecule has 9 atom stereocenters. The zero-order valence-electron chi connectivity index (χ0n) is 16.6. The van der Waals surface area contributed by atoms with E-state index in [9.17, 15) is 20.1 Å². The SMILES string of the molecule is C[C@@H]1C[C@H]2[C@@H]3CC[C@@H]4C[C@H](O)CC[C@]4(C)[C@@H]3CC[C@]2(C)[C@@]1(O)C(=O)CO. The quantitative estimate of drug-likeness (QED) is 0.704. The van der Waals surface area contributed by atoms with Gasteiger partial charge in [0.25, 0.3) is 0 Å². The van der Waals surface area contributed by atoms with Crippen LogP contribution in [-0.4, -0.2) is 39.4 Å². The number of aliphatic hydroxyl groups is 3. The third kappa shape index (κ3) is 2.21. The van der Waals surface area contributed by atoms with E-state index in [1.165, 1.54) is 6.42 Å². The zero-order valence-corrected chi connectivity index (χ0v) is 16.6. The Bertz CT molecular complexity index is 591. The molecule has 4 aliphatic carbocycles. The van der Waals surface area contributed by atoms with Crippen molar-refractivity contribution < 1.29 is 20.1 Å². The summed E-state index contributed by atoms with van der Waals surface area (Å²) < 4.78 is 0. The van der Waals surface area contributed by atoms with Crippen LogP contribution < -0.4 is 0 Å². The summed E-state index contributed by atoms with van der Waals surface area (Å²) >= 11 is 0. The highest BCUT2D eigenvalue weighted by molar-refractivity contribution is 5.89. The summed E-state index contributed by atoms with van der Waals surface area (Å²) in [6.07, 6.45) is 8.01. The largest absolute Gasteiger partial charge is 0.393 e. The third-order valence-electron chi connectivity index (χ3n) is 9.79. The first-order valence-electron chi connectivity index (χ1n) is 10.7. The number of Topliss-reactive ketones (excluding diaryl/α,β-unsaturated/α-hetero) is 1. The second kappa shape index (κ2) is 6.02. The van der Waals surface area contributed by atoms with E-state index >= 15 is 0 Å². The number of rotatable bonds is 2. The average Bonchev–Trinajstić information content (AvgIpc) is 2.83. The highest BCUT2D eigenvalue weighted by atomic mass is 16.3. The molecule has 0 amide bonds. The third-order valence-corrected chi connectivity index (χ3v) is 9.79. The van der Waals surface area contributed by atoms with E-state index in [1.807, 2.05) is 6.92 Å². The summed E-state index contributed by atoms with van der Waals surface area (Å²) in [5.41, 5.74) is -1.49. The lowest BCUT2D eigenvalue weighted by molar-refractivity contribution is -0.178. The van der Waals surface area contributed by atoms with E-state index in [0.29, 0.717) is 29.1 Å². The van der Waals surface area contributed by atoms with Gasteiger partial charge in [-0.15, -0.1) is 0 Å². The predicted octanol–water partition coefficient (Wildman–Crippen LogP) is 2.93. The molecular formula is C22H36O4. The van der Waals surface area contributed by atoms with Crippen molar-refractivity contribution in [2.75, 3.05) is 6.61 Å². The van der Waals surface area contributed by atoms with Crippen molar-refractivity contribution >= 4 is 5.78 Å². The monoisotopic (exact) mass is 364 g/mol. The van der Waals surface area contributed by atoms with Crippen molar-refractivity contribution in [3.63, 3.8) is 0 Å². The minimum absolute atomic E-state index is 0.0883. The van der Waals surface area contributed by atoms with E-state index in [0.717, 1.165) is 44.9 Å². The first-order valence-corrected chi connectivity index (χ1v) is 10.7. The zero-order chi connectivity index (χ0) is 18.9. The van der Waals surface area contributed by atoms with Gasteiger partial charge in [0.05, 0.1) is 6.10 Å². The van der Waals surface area contributed by atoms with Crippen LogP contribution in [0.25, 0.3) is 0 Å². The molecule has 4 saturated carbocycles. The first kappa shape index (κ1) is 18.9. The van der Waals surface area contributed by atoms with E-state index in [4.69, 9.17) is 0 Å². The second-order valence-corrected chi connectivity index (χ2v) is 10.5. The van der Waals surface area contributed by atoms with Crippen molar-refractivity contribution in [1.82, 2.24) is 0 Å². The highest BCUT2D eigenvalue weighted by Crippen LogP contribution is 2.69. The highest BCUT2D eigenvalue weighted by Gasteiger charge is 2.68. The van der Waals surface area contributed by atoms with Crippen molar-refractivity contribution in [3.8, 4) is 0 Å². The van der Waals surface area contributed by atoms with Crippen LogP contribution in [0.1, 0.15) is 72.1 Å². The van der Waals surface area contributed by atoms with Crippen LogP contribution in [0.4, 0.5) is 0 Å². The summed E-state index contributed by atoms with van der Waals surface area (Å²) in [6.45, 7) is 6.00. The molecule has 4 aliphatic rings. The molecule has 0 heterocycles. The summed E-state index contributed by atoms with van der Waals surface area (Å²) in [5, 5.41) is 31.1. The Morgan fingerprint density at radius 3 is 2.46 bits per heavy atom. The van der Waals surface area contributed by atoms with Gasteiger partial charge < -0.3 is 15.3 Å². The lowest BCUT2D eigenvalue weighted by Gasteiger charge is -2.61. The number of carbonyl (C=O) groups excluding carboxylic acids is 1. The fourth-order valence-corrected chi connectivity index (χ4v) is 8.29. The lowest BCUT2D eigenvalue weighted by atomic mass is 9.44. The van der Waals surface area contributed by atoms with Gasteiger partial charge in [0, 0.05) is 5.41 Å². The van der Waals surface area contributed by atoms with Gasteiger partial charge in [-0.05, 0) is 86.4 Å². The van der Waals surface area contributed by atoms with Crippen LogP contribution >= 0.6 is 0 Å². The maximum absolute atomic E-state index is 12.6. The van der Waals surface area contributed by atoms with Crippen LogP contribution in [-0.2, 0) is 4.79 Å². The molecule has 0 aromatic rings. The lowest BCUT2D eigenvalue weighted by Crippen LogP contribution is -2.60. The summed E-state index contributed by atoms with van der Waals surface area (Å²) in [4.78, 5) is 12.6. The topological polar surface area (TPSA) is 77.8 Å². The minimum Gasteiger partial charge on any atom is -0.393 e. The fourth-order valence-electron chi connectivity index (χ4n) is 8.29. The van der Waals surface area contributed by atoms with Crippen LogP contribution in [0.2, 0.25) is 0 Å². The Kier molecular flexibility index (Phi) is 4.38. The van der Waals surface area contributed by atoms with Gasteiger partial charge in [0.2, 0.25) is 0 Å². The second-order valence-electron chi connectivity index (χ2n) is 10.5. The van der Waals surface area contributed by atoms with Gasteiger partial charge >= 0.3 is 0 Å². The number of aliphatic hydroxyl groups excluding tert-OH is 2. The van der Waals surface area contributed by atoms with Gasteiger partial charge in [0.15, 0.2) is 5.78 Å². The normalized spacial score (nSPS) is 56.4. The number of carbonyl (C=O) groups is 1. The van der Waals surface area contributed by atoms with E-state index < -0.39 is 17.6 Å². The summed E-state index contributed by atoms with van der Waals surface area (Å²) in [6, 6.07) is 0. The molecule has 0 spiro atoms. The van der Waals surface area contributed by atoms with Gasteiger partial charge in [-0.2, -0.15) is 0 Å². The Labute approximate surface area is 157 Å². The summed E-state index contributed by atoms with van der Waals surface area (Å²) in [5.74, 6) is 1.72. The molecule has 3 N–H and O–H groups in total. The smallest absolute Gasteiger partial charge is 0.190 e. The average molecular weight is 365 g/mol. The van der Waals surface area contributed by atoms with Gasteiger partial charge in [0.1, 0.15) is 12.2 Å². The van der Waals surface area contributed by atoms with Crippen LogP contribution in [0.15, 0.2) is 0 Å². The molecule has 0 saturated heterocycles. The molecule has 0 unspecified atom stereocenters. The van der Waals surface area contributed by atoms with E-state index in [-0.39, 0.29) is 17.8 Å². The Morgan fingerprint density at radius 2 is 1.77 bits per heavy atom. The van der Waals surface area contributed by atoms with Crippen LogP contribution in [0, 0.1) is 40.4 Å². The van der Waals surface area contributed by atoms with E-state index in [1.54, 1.807) is 0 Å². The minimum atomic E-state index is -1.38. The Morgan fingerprint density at radius 1 is 1.04 bits per heavy atom. The number of hydrogen-bond donors (Lipinski definition) is 3. The molecule has 0 aliphatic heterocycles. The molecule has 0 aromatic carbocycles. The first-order chi connectivity index (χ1) is 12.2. The van der Waals surface area contributed by atoms with Crippen molar-refractivity contribution in [2.24, 2.45) is 40.4 Å². The van der Waals surface area contributed by atoms with Crippen LogP contribution in [0.3, 0.4) is 0 Å². The standard InChI is InChI=1S/C22H36O4/c1-13-10-18-16-5-4-14-11-15(24)6-8-20(14,2)17(16)7-9-21(18,3)22(13,26)19(25)12-23/h13-18,23-24,26H,4-12H2,1-3H3/t13-,14-,15-,16-,17-,18+,20+,21+,22+/m1/s1. The van der Waals surface area contributed by atoms with E-state index in [2.05, 4.69) is 13.8 Å². The molecule has 26 heavy (non-hydrogen) atoms. The molecule has 0 aromatic heterocycles.